The molecule has 1 heterocycles. The summed E-state index contributed by atoms with van der Waals surface area (Å²) in [6.07, 6.45) is 2.72. The molecule has 0 bridgehead atoms. The third-order valence-electron chi connectivity index (χ3n) is 2.32. The first-order chi connectivity index (χ1) is 7.40. The number of hydrogen-bond acceptors (Lipinski definition) is 3. The predicted molar refractivity (Wildman–Crippen MR) is 59.7 cm³/mol. The van der Waals surface area contributed by atoms with Gasteiger partial charge in [-0.1, -0.05) is 6.07 Å². The molecule has 0 unspecified atom stereocenters. The maximum Gasteiger partial charge on any atom is 0.0961 e. The van der Waals surface area contributed by atoms with Crippen LogP contribution in [0.1, 0.15) is 5.56 Å². The van der Waals surface area contributed by atoms with Crippen molar-refractivity contribution in [3.05, 3.63) is 30.1 Å². The van der Waals surface area contributed by atoms with E-state index in [2.05, 4.69) is 27.4 Å². The fourth-order valence-electron chi connectivity index (χ4n) is 1.55. The van der Waals surface area contributed by atoms with Crippen LogP contribution in [0.3, 0.4) is 0 Å². The van der Waals surface area contributed by atoms with Crippen molar-refractivity contribution in [3.63, 3.8) is 0 Å². The first-order valence-electron chi connectivity index (χ1n) is 5.02. The number of nitrogens with one attached hydrogen (secondary N) is 2. The number of imidazole rings is 1. The van der Waals surface area contributed by atoms with Gasteiger partial charge in [-0.15, -0.1) is 0 Å². The van der Waals surface area contributed by atoms with Crippen LogP contribution in [-0.2, 0) is 11.2 Å². The molecule has 2 rings (SSSR count). The molecule has 0 aliphatic rings. The zero-order chi connectivity index (χ0) is 10.5. The summed E-state index contributed by atoms with van der Waals surface area (Å²) in [5, 5.41) is 3.18. The van der Waals surface area contributed by atoms with Gasteiger partial charge in [0.25, 0.3) is 0 Å². The Morgan fingerprint density at radius 3 is 3.27 bits per heavy atom. The van der Waals surface area contributed by atoms with Gasteiger partial charge in [0.2, 0.25) is 0 Å². The molecule has 0 atom stereocenters. The molecule has 80 valence electrons. The number of aromatic nitrogens is 2. The van der Waals surface area contributed by atoms with Crippen molar-refractivity contribution >= 4 is 11.0 Å². The number of H-pyrrole nitrogens is 1. The van der Waals surface area contributed by atoms with Gasteiger partial charge in [0.05, 0.1) is 24.1 Å². The van der Waals surface area contributed by atoms with E-state index >= 15 is 0 Å². The minimum atomic E-state index is 0.603. The molecule has 15 heavy (non-hydrogen) atoms. The number of benzene rings is 1. The van der Waals surface area contributed by atoms with Gasteiger partial charge < -0.3 is 9.72 Å². The highest BCUT2D eigenvalue weighted by Crippen LogP contribution is 2.11. The smallest absolute Gasteiger partial charge is 0.0961 e. The van der Waals surface area contributed by atoms with Gasteiger partial charge in [-0.3, -0.25) is 5.32 Å². The quantitative estimate of drug-likeness (QED) is 0.571. The van der Waals surface area contributed by atoms with Crippen molar-refractivity contribution in [2.75, 3.05) is 20.4 Å². The predicted octanol–water partition coefficient (Wildman–Crippen LogP) is 1.30. The lowest BCUT2D eigenvalue weighted by Gasteiger charge is -2.03. The minimum Gasteiger partial charge on any atom is -0.370 e. The third-order valence-corrected chi connectivity index (χ3v) is 2.32. The van der Waals surface area contributed by atoms with Crippen LogP contribution in [-0.4, -0.2) is 30.4 Å². The van der Waals surface area contributed by atoms with Gasteiger partial charge in [0.15, 0.2) is 0 Å². The molecular weight excluding hydrogens is 190 g/mol. The van der Waals surface area contributed by atoms with Crippen molar-refractivity contribution in [1.29, 1.82) is 0 Å². The topological polar surface area (TPSA) is 49.9 Å². The molecular formula is C11H15N3O. The van der Waals surface area contributed by atoms with Crippen LogP contribution in [0, 0.1) is 0 Å². The Morgan fingerprint density at radius 1 is 1.47 bits per heavy atom. The molecule has 0 aliphatic heterocycles. The monoisotopic (exact) mass is 205 g/mol. The zero-order valence-electron chi connectivity index (χ0n) is 8.79. The number of methoxy groups -OCH3 is 1. The van der Waals surface area contributed by atoms with Crippen LogP contribution in [0.15, 0.2) is 24.5 Å². The van der Waals surface area contributed by atoms with E-state index in [1.807, 2.05) is 6.07 Å². The summed E-state index contributed by atoms with van der Waals surface area (Å²) in [5.41, 5.74) is 3.41. The average Bonchev–Trinajstić information content (AvgIpc) is 2.71. The SMILES string of the molecule is COCNCCc1ccc2nc[nH]c2c1. The molecule has 1 aromatic carbocycles. The second kappa shape index (κ2) is 4.91. The fourth-order valence-corrected chi connectivity index (χ4v) is 1.55. The lowest BCUT2D eigenvalue weighted by atomic mass is 10.1. The average molecular weight is 205 g/mol. The Bertz CT molecular complexity index is 424. The summed E-state index contributed by atoms with van der Waals surface area (Å²) in [6.45, 7) is 1.53. The molecule has 0 saturated heterocycles. The summed E-state index contributed by atoms with van der Waals surface area (Å²) in [4.78, 5) is 7.28. The standard InChI is InChI=1S/C11H15N3O/c1-15-8-12-5-4-9-2-3-10-11(6-9)14-7-13-10/h2-3,6-7,12H,4-5,8H2,1H3,(H,13,14). The van der Waals surface area contributed by atoms with Crippen molar-refractivity contribution in [2.45, 2.75) is 6.42 Å². The lowest BCUT2D eigenvalue weighted by molar-refractivity contribution is 0.176. The van der Waals surface area contributed by atoms with Crippen LogP contribution in [0.2, 0.25) is 0 Å². The van der Waals surface area contributed by atoms with E-state index in [9.17, 15) is 0 Å². The lowest BCUT2D eigenvalue weighted by Crippen LogP contribution is -2.19. The molecule has 0 radical (unpaired) electrons. The van der Waals surface area contributed by atoms with Crippen LogP contribution in [0.25, 0.3) is 11.0 Å². The number of aromatic amines is 1. The number of ether oxygens (including phenoxy) is 1. The maximum absolute atomic E-state index is 4.91. The summed E-state index contributed by atoms with van der Waals surface area (Å²) in [7, 11) is 1.68. The molecule has 2 aromatic rings. The third kappa shape index (κ3) is 2.55. The largest absolute Gasteiger partial charge is 0.370 e. The number of rotatable bonds is 5. The second-order valence-corrected chi connectivity index (χ2v) is 3.44. The molecule has 1 aromatic heterocycles. The second-order valence-electron chi connectivity index (χ2n) is 3.44. The van der Waals surface area contributed by atoms with Crippen molar-refractivity contribution in [1.82, 2.24) is 15.3 Å². The number of nitrogens with zero attached hydrogens (tertiary/aromatic N) is 1. The van der Waals surface area contributed by atoms with Crippen molar-refractivity contribution in [2.24, 2.45) is 0 Å². The van der Waals surface area contributed by atoms with Crippen molar-refractivity contribution in [3.8, 4) is 0 Å². The van der Waals surface area contributed by atoms with Crippen molar-refractivity contribution < 1.29 is 4.74 Å². The molecule has 2 N–H and O–H groups in total. The van der Waals surface area contributed by atoms with E-state index in [1.165, 1.54) is 5.56 Å². The van der Waals surface area contributed by atoms with E-state index in [0.29, 0.717) is 6.73 Å². The first-order valence-corrected chi connectivity index (χ1v) is 5.02. The fraction of sp³-hybridized carbons (Fsp3) is 0.364. The zero-order valence-corrected chi connectivity index (χ0v) is 8.79. The first kappa shape index (κ1) is 10.1. The normalized spacial score (nSPS) is 11.0. The van der Waals surface area contributed by atoms with Gasteiger partial charge in [-0.2, -0.15) is 0 Å². The molecule has 0 spiro atoms. The molecule has 0 aliphatic carbocycles. The molecule has 4 heteroatoms. The Balaban J connectivity index is 1.96. The minimum absolute atomic E-state index is 0.603. The highest BCUT2D eigenvalue weighted by atomic mass is 16.5. The van der Waals surface area contributed by atoms with Gasteiger partial charge in [0, 0.05) is 13.7 Å². The van der Waals surface area contributed by atoms with Crippen LogP contribution < -0.4 is 5.32 Å². The highest BCUT2D eigenvalue weighted by Gasteiger charge is 1.97. The van der Waals surface area contributed by atoms with E-state index in [-0.39, 0.29) is 0 Å². The van der Waals surface area contributed by atoms with Crippen LogP contribution in [0.4, 0.5) is 0 Å². The number of hydrogen-bond donors (Lipinski definition) is 2. The van der Waals surface area contributed by atoms with Gasteiger partial charge in [-0.05, 0) is 24.1 Å². The van der Waals surface area contributed by atoms with E-state index in [4.69, 9.17) is 4.74 Å². The highest BCUT2D eigenvalue weighted by molar-refractivity contribution is 5.74. The van der Waals surface area contributed by atoms with Gasteiger partial charge in [0.1, 0.15) is 0 Å². The van der Waals surface area contributed by atoms with Crippen LogP contribution >= 0.6 is 0 Å². The maximum atomic E-state index is 4.91. The summed E-state index contributed by atoms with van der Waals surface area (Å²) >= 11 is 0. The number of fused-ring (bicyclic) bond motifs is 1. The Kier molecular flexibility index (Phi) is 3.32. The van der Waals surface area contributed by atoms with Gasteiger partial charge in [-0.25, -0.2) is 4.98 Å². The summed E-state index contributed by atoms with van der Waals surface area (Å²) < 4.78 is 4.91. The Morgan fingerprint density at radius 2 is 2.40 bits per heavy atom. The summed E-state index contributed by atoms with van der Waals surface area (Å²) in [5.74, 6) is 0. The Hall–Kier alpha value is -1.39. The van der Waals surface area contributed by atoms with E-state index < -0.39 is 0 Å². The van der Waals surface area contributed by atoms with Crippen LogP contribution in [0.5, 0.6) is 0 Å². The van der Waals surface area contributed by atoms with E-state index in [1.54, 1.807) is 13.4 Å². The Labute approximate surface area is 88.7 Å². The van der Waals surface area contributed by atoms with Gasteiger partial charge >= 0.3 is 0 Å². The molecule has 0 fully saturated rings. The van der Waals surface area contributed by atoms with E-state index in [0.717, 1.165) is 24.0 Å². The molecule has 4 nitrogen and oxygen atoms in total. The molecule has 0 saturated carbocycles. The molecule has 0 amide bonds. The summed E-state index contributed by atoms with van der Waals surface area (Å²) in [6, 6.07) is 6.28.